The van der Waals surface area contributed by atoms with E-state index < -0.39 is 17.4 Å². The quantitative estimate of drug-likeness (QED) is 0.621. The summed E-state index contributed by atoms with van der Waals surface area (Å²) in [7, 11) is 1.19. The third-order valence-corrected chi connectivity index (χ3v) is 3.67. The second-order valence-electron chi connectivity index (χ2n) is 4.59. The predicted molar refractivity (Wildman–Crippen MR) is 73.8 cm³/mol. The summed E-state index contributed by atoms with van der Waals surface area (Å²) in [5.74, 6) is -1.05. The molecule has 1 aromatic carbocycles. The first-order valence-electron chi connectivity index (χ1n) is 6.02. The fourth-order valence-corrected chi connectivity index (χ4v) is 2.50. The second-order valence-corrected chi connectivity index (χ2v) is 5.51. The van der Waals surface area contributed by atoms with E-state index in [-0.39, 0.29) is 18.6 Å². The number of halogens is 1. The number of rotatable bonds is 4. The fourth-order valence-electron chi connectivity index (χ4n) is 2.14. The predicted octanol–water partition coefficient (Wildman–Crippen LogP) is 2.31. The maximum atomic E-state index is 12.5. The number of fused-ring (bicyclic) bond motifs is 1. The smallest absolute Gasteiger partial charge is 0.358 e. The first-order valence-corrected chi connectivity index (χ1v) is 6.81. The summed E-state index contributed by atoms with van der Waals surface area (Å²) in [6.07, 6.45) is 0.0378. The number of esters is 1. The first-order chi connectivity index (χ1) is 9.40. The van der Waals surface area contributed by atoms with Crippen molar-refractivity contribution in [2.75, 3.05) is 7.11 Å². The molecular weight excluding hydrogens is 328 g/mol. The van der Waals surface area contributed by atoms with Gasteiger partial charge in [0.1, 0.15) is 11.5 Å². The van der Waals surface area contributed by atoms with E-state index in [0.29, 0.717) is 15.8 Å². The van der Waals surface area contributed by atoms with Crippen molar-refractivity contribution < 1.29 is 23.9 Å². The summed E-state index contributed by atoms with van der Waals surface area (Å²) in [4.78, 5) is 35.7. The van der Waals surface area contributed by atoms with Crippen molar-refractivity contribution in [1.82, 2.24) is 0 Å². The zero-order chi connectivity index (χ0) is 14.9. The third-order valence-electron chi connectivity index (χ3n) is 3.18. The zero-order valence-corrected chi connectivity index (χ0v) is 12.7. The van der Waals surface area contributed by atoms with E-state index in [0.717, 1.165) is 0 Å². The number of carbonyl (C=O) groups is 3. The van der Waals surface area contributed by atoms with Gasteiger partial charge in [-0.25, -0.2) is 4.79 Å². The van der Waals surface area contributed by atoms with Gasteiger partial charge in [0.15, 0.2) is 0 Å². The summed E-state index contributed by atoms with van der Waals surface area (Å²) in [5, 5.41) is 0. The minimum Gasteiger partial charge on any atom is -0.466 e. The van der Waals surface area contributed by atoms with Gasteiger partial charge in [0.25, 0.3) is 5.60 Å². The second kappa shape index (κ2) is 5.36. The van der Waals surface area contributed by atoms with Crippen LogP contribution in [0.2, 0.25) is 0 Å². The van der Waals surface area contributed by atoms with E-state index >= 15 is 0 Å². The molecular formula is C14H13BrO5. The van der Waals surface area contributed by atoms with Crippen molar-refractivity contribution in [3.8, 4) is 5.75 Å². The Hall–Kier alpha value is -1.69. The van der Waals surface area contributed by atoms with Crippen molar-refractivity contribution in [2.45, 2.75) is 25.4 Å². The molecule has 2 rings (SSSR count). The molecule has 0 aliphatic carbocycles. The number of hydrogen-bond acceptors (Lipinski definition) is 5. The van der Waals surface area contributed by atoms with Crippen LogP contribution in [0.4, 0.5) is 0 Å². The van der Waals surface area contributed by atoms with E-state index in [4.69, 9.17) is 9.47 Å². The van der Waals surface area contributed by atoms with Crippen LogP contribution in [0.1, 0.15) is 30.1 Å². The summed E-state index contributed by atoms with van der Waals surface area (Å²) in [6.45, 7) is 1.40. The van der Waals surface area contributed by atoms with Gasteiger partial charge in [-0.1, -0.05) is 15.9 Å². The van der Waals surface area contributed by atoms with E-state index in [2.05, 4.69) is 15.9 Å². The average molecular weight is 341 g/mol. The highest BCUT2D eigenvalue weighted by molar-refractivity contribution is 9.10. The Morgan fingerprint density at radius 3 is 2.70 bits per heavy atom. The van der Waals surface area contributed by atoms with Crippen molar-refractivity contribution >= 4 is 33.5 Å². The van der Waals surface area contributed by atoms with Crippen LogP contribution in [0.5, 0.6) is 5.75 Å². The van der Waals surface area contributed by atoms with Crippen LogP contribution >= 0.6 is 15.9 Å². The van der Waals surface area contributed by atoms with Crippen LogP contribution in [-0.4, -0.2) is 30.2 Å². The maximum absolute atomic E-state index is 12.5. The molecule has 20 heavy (non-hydrogen) atoms. The molecule has 0 N–H and O–H groups in total. The average Bonchev–Trinajstić information content (AvgIpc) is 2.70. The van der Waals surface area contributed by atoms with Gasteiger partial charge in [0, 0.05) is 17.3 Å². The molecule has 0 radical (unpaired) electrons. The van der Waals surface area contributed by atoms with Crippen LogP contribution in [0.3, 0.4) is 0 Å². The Balaban J connectivity index is 2.43. The topological polar surface area (TPSA) is 69.7 Å². The fraction of sp³-hybridized carbons (Fsp3) is 0.357. The number of methoxy groups -OCH3 is 1. The normalized spacial score (nSPS) is 20.2. The lowest BCUT2D eigenvalue weighted by Crippen LogP contribution is -2.49. The maximum Gasteiger partial charge on any atom is 0.358 e. The van der Waals surface area contributed by atoms with Crippen molar-refractivity contribution in [1.29, 1.82) is 0 Å². The molecule has 0 bridgehead atoms. The van der Waals surface area contributed by atoms with E-state index in [1.54, 1.807) is 18.2 Å². The molecule has 1 aromatic rings. The van der Waals surface area contributed by atoms with Crippen LogP contribution in [0.25, 0.3) is 0 Å². The van der Waals surface area contributed by atoms with Crippen LogP contribution in [0.15, 0.2) is 22.7 Å². The van der Waals surface area contributed by atoms with Crippen molar-refractivity contribution in [3.05, 3.63) is 28.2 Å². The highest BCUT2D eigenvalue weighted by Gasteiger charge is 2.55. The van der Waals surface area contributed by atoms with Gasteiger partial charge in [-0.2, -0.15) is 0 Å². The van der Waals surface area contributed by atoms with Crippen LogP contribution in [-0.2, 0) is 14.3 Å². The highest BCUT2D eigenvalue weighted by atomic mass is 79.9. The largest absolute Gasteiger partial charge is 0.466 e. The lowest BCUT2D eigenvalue weighted by atomic mass is 9.90. The van der Waals surface area contributed by atoms with Gasteiger partial charge in [0.05, 0.1) is 12.7 Å². The minimum absolute atomic E-state index is 0.0276. The number of ether oxygens (including phenoxy) is 2. The number of Topliss-reactive ketones (excluding diaryl/α,β-unsaturated/α-hetero) is 2. The lowest BCUT2D eigenvalue weighted by molar-refractivity contribution is -0.154. The van der Waals surface area contributed by atoms with Crippen LogP contribution in [0, 0.1) is 0 Å². The molecule has 1 heterocycles. The molecule has 0 saturated heterocycles. The number of ketones is 2. The molecule has 0 amide bonds. The van der Waals surface area contributed by atoms with E-state index in [9.17, 15) is 14.4 Å². The Labute approximate surface area is 124 Å². The molecule has 1 aliphatic rings. The van der Waals surface area contributed by atoms with Crippen molar-refractivity contribution in [2.24, 2.45) is 0 Å². The summed E-state index contributed by atoms with van der Waals surface area (Å²) >= 11 is 3.27. The summed E-state index contributed by atoms with van der Waals surface area (Å²) < 4.78 is 11.0. The molecule has 0 fully saturated rings. The van der Waals surface area contributed by atoms with Gasteiger partial charge in [0.2, 0.25) is 5.78 Å². The molecule has 0 spiro atoms. The van der Waals surface area contributed by atoms with Crippen molar-refractivity contribution in [3.63, 3.8) is 0 Å². The number of benzene rings is 1. The third kappa shape index (κ3) is 2.35. The monoisotopic (exact) mass is 340 g/mol. The van der Waals surface area contributed by atoms with E-state index in [1.807, 2.05) is 0 Å². The van der Waals surface area contributed by atoms with Gasteiger partial charge in [-0.3, -0.25) is 4.79 Å². The van der Waals surface area contributed by atoms with E-state index in [1.165, 1.54) is 14.0 Å². The molecule has 0 aromatic heterocycles. The van der Waals surface area contributed by atoms with Gasteiger partial charge in [-0.05, 0) is 25.1 Å². The lowest BCUT2D eigenvalue weighted by Gasteiger charge is -2.23. The molecule has 5 nitrogen and oxygen atoms in total. The Morgan fingerprint density at radius 2 is 2.10 bits per heavy atom. The molecule has 0 unspecified atom stereocenters. The Morgan fingerprint density at radius 1 is 1.40 bits per heavy atom. The highest BCUT2D eigenvalue weighted by Crippen LogP contribution is 2.39. The zero-order valence-electron chi connectivity index (χ0n) is 11.1. The van der Waals surface area contributed by atoms with Crippen LogP contribution < -0.4 is 4.74 Å². The van der Waals surface area contributed by atoms with Gasteiger partial charge in [-0.15, -0.1) is 0 Å². The Kier molecular flexibility index (Phi) is 3.94. The van der Waals surface area contributed by atoms with Gasteiger partial charge >= 0.3 is 5.97 Å². The molecule has 1 aliphatic heterocycles. The number of hydrogen-bond donors (Lipinski definition) is 0. The minimum atomic E-state index is -1.75. The van der Waals surface area contributed by atoms with Gasteiger partial charge < -0.3 is 14.3 Å². The number of carbonyl (C=O) groups excluding carboxylic acids is 3. The summed E-state index contributed by atoms with van der Waals surface area (Å²) in [6, 6.07) is 4.91. The standard InChI is InChI=1S/C14H13BrO5/c1-8(16)5-6-14(13(18)19-2)12(17)10-7-9(15)3-4-11(10)20-14/h3-4,7H,5-6H2,1-2H3/t14-/m1/s1. The molecule has 1 atom stereocenters. The summed E-state index contributed by atoms with van der Waals surface area (Å²) in [5.41, 5.74) is -1.43. The SMILES string of the molecule is COC(=O)[C@]1(CCC(C)=O)Oc2ccc(Br)cc2C1=O. The Bertz CT molecular complexity index is 595. The molecule has 106 valence electrons. The molecule has 0 saturated carbocycles. The molecule has 6 heteroatoms. The first kappa shape index (κ1) is 14.7.